The lowest BCUT2D eigenvalue weighted by atomic mass is 9.95. The Morgan fingerprint density at radius 3 is 2.53 bits per heavy atom. The molecular weight excluding hydrogens is 442 g/mol. The number of carbonyl (C=O) groups is 1. The van der Waals surface area contributed by atoms with E-state index >= 15 is 0 Å². The van der Waals surface area contributed by atoms with Crippen LogP contribution < -0.4 is 0 Å². The van der Waals surface area contributed by atoms with Crippen LogP contribution in [0.25, 0.3) is 10.8 Å². The smallest absolute Gasteiger partial charge is 0.337 e. The van der Waals surface area contributed by atoms with Crippen LogP contribution >= 0.6 is 11.8 Å². The number of benzene rings is 3. The molecule has 0 radical (unpaired) electrons. The number of nitrogens with zero attached hydrogens (tertiary/aromatic N) is 3. The number of carbonyl (C=O) groups excluding carboxylic acids is 1. The third-order valence-electron chi connectivity index (χ3n) is 6.65. The maximum atomic E-state index is 11.7. The molecule has 0 amide bonds. The van der Waals surface area contributed by atoms with Gasteiger partial charge in [-0.15, -0.1) is 10.2 Å². The lowest BCUT2D eigenvalue weighted by molar-refractivity contribution is 0.0600. The van der Waals surface area contributed by atoms with E-state index in [0.717, 1.165) is 28.7 Å². The Bertz CT molecular complexity index is 1270. The van der Waals surface area contributed by atoms with Crippen molar-refractivity contribution in [2.45, 2.75) is 55.5 Å². The van der Waals surface area contributed by atoms with E-state index in [2.05, 4.69) is 57.2 Å². The normalized spacial score (nSPS) is 14.4. The van der Waals surface area contributed by atoms with Crippen molar-refractivity contribution in [2.75, 3.05) is 7.11 Å². The first-order valence-electron chi connectivity index (χ1n) is 11.9. The molecule has 1 aliphatic carbocycles. The third-order valence-corrected chi connectivity index (χ3v) is 7.66. The van der Waals surface area contributed by atoms with Crippen molar-refractivity contribution in [3.8, 4) is 0 Å². The zero-order valence-corrected chi connectivity index (χ0v) is 20.3. The van der Waals surface area contributed by atoms with Crippen LogP contribution in [0.2, 0.25) is 0 Å². The van der Waals surface area contributed by atoms with Crippen molar-refractivity contribution < 1.29 is 9.53 Å². The van der Waals surface area contributed by atoms with Crippen molar-refractivity contribution in [3.63, 3.8) is 0 Å². The molecule has 0 N–H and O–H groups in total. The second-order valence-electron chi connectivity index (χ2n) is 8.85. The Hall–Kier alpha value is -3.12. The number of fused-ring (bicyclic) bond motifs is 1. The fourth-order valence-electron chi connectivity index (χ4n) is 4.85. The number of ether oxygens (including phenoxy) is 1. The monoisotopic (exact) mass is 471 g/mol. The second-order valence-corrected chi connectivity index (χ2v) is 9.80. The number of hydrogen-bond donors (Lipinski definition) is 0. The van der Waals surface area contributed by atoms with Crippen molar-refractivity contribution >= 4 is 28.5 Å². The number of aromatic nitrogens is 3. The molecule has 3 aromatic carbocycles. The summed E-state index contributed by atoms with van der Waals surface area (Å²) in [7, 11) is 1.40. The first-order chi connectivity index (χ1) is 16.7. The summed E-state index contributed by atoms with van der Waals surface area (Å²) < 4.78 is 7.21. The quantitative estimate of drug-likeness (QED) is 0.224. The van der Waals surface area contributed by atoms with Gasteiger partial charge in [0.15, 0.2) is 5.16 Å². The number of thioether (sulfide) groups is 1. The van der Waals surface area contributed by atoms with E-state index in [4.69, 9.17) is 4.74 Å². The Labute approximate surface area is 204 Å². The Kier molecular flexibility index (Phi) is 6.95. The molecule has 0 unspecified atom stereocenters. The van der Waals surface area contributed by atoms with Gasteiger partial charge in [0.2, 0.25) is 0 Å². The molecule has 174 valence electrons. The van der Waals surface area contributed by atoms with Crippen LogP contribution in [0, 0.1) is 0 Å². The van der Waals surface area contributed by atoms with Gasteiger partial charge >= 0.3 is 5.97 Å². The molecule has 0 spiro atoms. The molecule has 5 rings (SSSR count). The third kappa shape index (κ3) is 4.87. The van der Waals surface area contributed by atoms with Gasteiger partial charge in [0.05, 0.1) is 12.7 Å². The van der Waals surface area contributed by atoms with Crippen LogP contribution in [0.3, 0.4) is 0 Å². The van der Waals surface area contributed by atoms with Gasteiger partial charge in [-0.05, 0) is 46.9 Å². The van der Waals surface area contributed by atoms with Gasteiger partial charge in [-0.1, -0.05) is 85.6 Å². The molecule has 1 heterocycles. The van der Waals surface area contributed by atoms with Crippen molar-refractivity contribution in [1.29, 1.82) is 0 Å². The summed E-state index contributed by atoms with van der Waals surface area (Å²) in [5.74, 6) is 1.52. The van der Waals surface area contributed by atoms with Gasteiger partial charge < -0.3 is 9.30 Å². The van der Waals surface area contributed by atoms with E-state index in [9.17, 15) is 4.79 Å². The van der Waals surface area contributed by atoms with E-state index in [0.29, 0.717) is 11.6 Å². The number of methoxy groups -OCH3 is 1. The molecule has 1 aliphatic rings. The predicted molar refractivity (Wildman–Crippen MR) is 136 cm³/mol. The predicted octanol–water partition coefficient (Wildman–Crippen LogP) is 6.61. The summed E-state index contributed by atoms with van der Waals surface area (Å²) in [5, 5.41) is 12.9. The highest BCUT2D eigenvalue weighted by molar-refractivity contribution is 7.98. The van der Waals surface area contributed by atoms with Crippen LogP contribution in [-0.2, 0) is 16.9 Å². The molecule has 0 aliphatic heterocycles. The molecule has 6 heteroatoms. The standard InChI is InChI=1S/C28H29N3O2S/c1-33-27(32)22-16-14-20(15-17-22)19-34-28-30-29-26(31(28)24-11-3-2-4-12-24)18-23-10-7-9-21-8-5-6-13-25(21)23/h5-10,13-17,24H,2-4,11-12,18-19H2,1H3. The molecule has 5 nitrogen and oxygen atoms in total. The zero-order chi connectivity index (χ0) is 23.3. The zero-order valence-electron chi connectivity index (χ0n) is 19.4. The average molecular weight is 472 g/mol. The molecule has 34 heavy (non-hydrogen) atoms. The summed E-state index contributed by atoms with van der Waals surface area (Å²) in [4.78, 5) is 11.7. The molecule has 1 saturated carbocycles. The SMILES string of the molecule is COC(=O)c1ccc(CSc2nnc(Cc3cccc4ccccc34)n2C2CCCCC2)cc1. The first kappa shape index (κ1) is 22.7. The lowest BCUT2D eigenvalue weighted by Gasteiger charge is -2.25. The largest absolute Gasteiger partial charge is 0.465 e. The minimum atomic E-state index is -0.311. The van der Waals surface area contributed by atoms with Crippen LogP contribution in [0.15, 0.2) is 71.9 Å². The molecule has 0 atom stereocenters. The van der Waals surface area contributed by atoms with E-state index in [1.54, 1.807) is 11.8 Å². The summed E-state index contributed by atoms with van der Waals surface area (Å²) in [6, 6.07) is 23.1. The maximum absolute atomic E-state index is 11.7. The second kappa shape index (κ2) is 10.4. The topological polar surface area (TPSA) is 57.0 Å². The van der Waals surface area contributed by atoms with Gasteiger partial charge in [-0.2, -0.15) is 0 Å². The van der Waals surface area contributed by atoms with Crippen molar-refractivity contribution in [1.82, 2.24) is 14.8 Å². The van der Waals surface area contributed by atoms with Crippen LogP contribution in [0.5, 0.6) is 0 Å². The summed E-state index contributed by atoms with van der Waals surface area (Å²) in [5.41, 5.74) is 3.00. The molecular formula is C28H29N3O2S. The summed E-state index contributed by atoms with van der Waals surface area (Å²) in [6.07, 6.45) is 6.97. The van der Waals surface area contributed by atoms with Gasteiger partial charge in [0.1, 0.15) is 5.82 Å². The summed E-state index contributed by atoms with van der Waals surface area (Å²) in [6.45, 7) is 0. The van der Waals surface area contributed by atoms with Gasteiger partial charge in [0.25, 0.3) is 0 Å². The minimum absolute atomic E-state index is 0.311. The lowest BCUT2D eigenvalue weighted by Crippen LogP contribution is -2.17. The van der Waals surface area contributed by atoms with Crippen LogP contribution in [0.1, 0.15) is 65.5 Å². The molecule has 0 saturated heterocycles. The number of hydrogen-bond acceptors (Lipinski definition) is 5. The number of rotatable bonds is 7. The molecule has 0 bridgehead atoms. The van der Waals surface area contributed by atoms with Crippen molar-refractivity contribution in [3.05, 3.63) is 89.2 Å². The van der Waals surface area contributed by atoms with E-state index in [1.807, 2.05) is 24.3 Å². The van der Waals surface area contributed by atoms with Gasteiger partial charge in [-0.3, -0.25) is 0 Å². The molecule has 1 aromatic heterocycles. The van der Waals surface area contributed by atoms with E-state index in [1.165, 1.54) is 55.5 Å². The number of esters is 1. The Balaban J connectivity index is 1.41. The van der Waals surface area contributed by atoms with E-state index < -0.39 is 0 Å². The summed E-state index contributed by atoms with van der Waals surface area (Å²) >= 11 is 1.72. The molecule has 4 aromatic rings. The fraction of sp³-hybridized carbons (Fsp3) is 0.321. The Morgan fingerprint density at radius 2 is 1.74 bits per heavy atom. The average Bonchev–Trinajstić information content (AvgIpc) is 3.30. The van der Waals surface area contributed by atoms with E-state index in [-0.39, 0.29) is 5.97 Å². The Morgan fingerprint density at radius 1 is 0.971 bits per heavy atom. The van der Waals surface area contributed by atoms with Crippen LogP contribution in [0.4, 0.5) is 0 Å². The van der Waals surface area contributed by atoms with Crippen LogP contribution in [-0.4, -0.2) is 27.8 Å². The first-order valence-corrected chi connectivity index (χ1v) is 12.9. The van der Waals surface area contributed by atoms with Crippen molar-refractivity contribution in [2.24, 2.45) is 0 Å². The maximum Gasteiger partial charge on any atom is 0.337 e. The van der Waals surface area contributed by atoms with Gasteiger partial charge in [-0.25, -0.2) is 4.79 Å². The molecule has 1 fully saturated rings. The highest BCUT2D eigenvalue weighted by Crippen LogP contribution is 2.34. The fourth-order valence-corrected chi connectivity index (χ4v) is 5.83. The van der Waals surface area contributed by atoms with Gasteiger partial charge in [0, 0.05) is 18.2 Å². The minimum Gasteiger partial charge on any atom is -0.465 e. The highest BCUT2D eigenvalue weighted by Gasteiger charge is 2.23. The highest BCUT2D eigenvalue weighted by atomic mass is 32.2.